The standard InChI is InChI=1S/C21H28N4O4S/c26-20-18-15-30(27,28)12-7-19(18)23-21(24-20)22-8-4-11-29-17-6-3-5-16(13-17)14-25-9-1-2-10-25/h3,5-6,13H,1-2,4,7-12,14-15H2,(H2,22,23,24,26). The van der Waals surface area contributed by atoms with E-state index in [-0.39, 0.29) is 29.0 Å². The lowest BCUT2D eigenvalue weighted by atomic mass is 10.2. The van der Waals surface area contributed by atoms with Crippen molar-refractivity contribution < 1.29 is 13.2 Å². The number of nitrogens with zero attached hydrogens (tertiary/aromatic N) is 2. The van der Waals surface area contributed by atoms with Gasteiger partial charge in [0.1, 0.15) is 5.75 Å². The summed E-state index contributed by atoms with van der Waals surface area (Å²) in [6, 6.07) is 8.23. The molecule has 162 valence electrons. The first-order valence-corrected chi connectivity index (χ1v) is 12.3. The van der Waals surface area contributed by atoms with E-state index in [0.29, 0.717) is 24.8 Å². The van der Waals surface area contributed by atoms with E-state index in [4.69, 9.17) is 4.74 Å². The average Bonchev–Trinajstić information content (AvgIpc) is 3.21. The maximum atomic E-state index is 12.2. The number of fused-ring (bicyclic) bond motifs is 1. The second kappa shape index (κ2) is 9.18. The molecule has 2 aliphatic rings. The summed E-state index contributed by atoms with van der Waals surface area (Å²) in [5.41, 5.74) is 1.73. The number of aromatic amines is 1. The SMILES string of the molecule is O=c1[nH]c(NCCCOc2cccc(CN3CCCC3)c2)nc2c1CS(=O)(=O)CC2. The summed E-state index contributed by atoms with van der Waals surface area (Å²) in [4.78, 5) is 21.7. The molecule has 4 rings (SSSR count). The van der Waals surface area contributed by atoms with E-state index in [2.05, 4.69) is 32.3 Å². The topological polar surface area (TPSA) is 104 Å². The monoisotopic (exact) mass is 432 g/mol. The van der Waals surface area contributed by atoms with Crippen molar-refractivity contribution in [3.05, 3.63) is 51.4 Å². The summed E-state index contributed by atoms with van der Waals surface area (Å²) < 4.78 is 29.3. The van der Waals surface area contributed by atoms with E-state index < -0.39 is 9.84 Å². The lowest BCUT2D eigenvalue weighted by Gasteiger charge is -2.16. The second-order valence-electron chi connectivity index (χ2n) is 7.94. The van der Waals surface area contributed by atoms with Crippen LogP contribution in [-0.2, 0) is 28.6 Å². The molecule has 1 aromatic carbocycles. The van der Waals surface area contributed by atoms with E-state index >= 15 is 0 Å². The van der Waals surface area contributed by atoms with Gasteiger partial charge in [0.25, 0.3) is 5.56 Å². The van der Waals surface area contributed by atoms with Crippen LogP contribution in [0, 0.1) is 0 Å². The first-order chi connectivity index (χ1) is 14.5. The van der Waals surface area contributed by atoms with Gasteiger partial charge in [-0.3, -0.25) is 14.7 Å². The van der Waals surface area contributed by atoms with E-state index in [1.807, 2.05) is 12.1 Å². The minimum Gasteiger partial charge on any atom is -0.494 e. The highest BCUT2D eigenvalue weighted by molar-refractivity contribution is 7.90. The van der Waals surface area contributed by atoms with Gasteiger partial charge in [-0.25, -0.2) is 13.4 Å². The van der Waals surface area contributed by atoms with E-state index in [0.717, 1.165) is 18.7 Å². The Hall–Kier alpha value is -2.39. The Morgan fingerprint density at radius 1 is 1.23 bits per heavy atom. The Morgan fingerprint density at radius 3 is 2.90 bits per heavy atom. The molecule has 0 bridgehead atoms. The number of nitrogens with one attached hydrogen (secondary N) is 2. The zero-order chi connectivity index (χ0) is 21.0. The Kier molecular flexibility index (Phi) is 6.38. The summed E-state index contributed by atoms with van der Waals surface area (Å²) in [7, 11) is -3.19. The number of hydrogen-bond donors (Lipinski definition) is 2. The Bertz CT molecular complexity index is 1050. The Labute approximate surface area is 176 Å². The molecule has 0 radical (unpaired) electrons. The van der Waals surface area contributed by atoms with Crippen molar-refractivity contribution in [1.82, 2.24) is 14.9 Å². The zero-order valence-electron chi connectivity index (χ0n) is 17.0. The third kappa shape index (κ3) is 5.40. The fourth-order valence-corrected chi connectivity index (χ4v) is 5.32. The molecule has 2 aliphatic heterocycles. The molecule has 0 spiro atoms. The molecule has 2 aromatic rings. The molecular weight excluding hydrogens is 404 g/mol. The lowest BCUT2D eigenvalue weighted by molar-refractivity contribution is 0.310. The molecule has 1 saturated heterocycles. The molecule has 0 amide bonds. The fourth-order valence-electron chi connectivity index (χ4n) is 3.93. The fraction of sp³-hybridized carbons (Fsp3) is 0.524. The van der Waals surface area contributed by atoms with Crippen LogP contribution in [-0.4, -0.2) is 55.3 Å². The van der Waals surface area contributed by atoms with Crippen molar-refractivity contribution in [2.24, 2.45) is 0 Å². The van der Waals surface area contributed by atoms with Gasteiger partial charge in [0, 0.05) is 19.5 Å². The average molecular weight is 433 g/mol. The van der Waals surface area contributed by atoms with Crippen molar-refractivity contribution in [2.75, 3.05) is 37.3 Å². The summed E-state index contributed by atoms with van der Waals surface area (Å²) in [6.07, 6.45) is 3.60. The third-order valence-corrected chi connectivity index (χ3v) is 7.06. The first-order valence-electron chi connectivity index (χ1n) is 10.5. The van der Waals surface area contributed by atoms with E-state index in [1.165, 1.54) is 31.5 Å². The number of sulfone groups is 1. The smallest absolute Gasteiger partial charge is 0.256 e. The van der Waals surface area contributed by atoms with Gasteiger partial charge in [-0.1, -0.05) is 12.1 Å². The van der Waals surface area contributed by atoms with Crippen LogP contribution in [0.25, 0.3) is 0 Å². The van der Waals surface area contributed by atoms with Gasteiger partial charge >= 0.3 is 0 Å². The largest absolute Gasteiger partial charge is 0.494 e. The number of anilines is 1. The van der Waals surface area contributed by atoms with Crippen LogP contribution >= 0.6 is 0 Å². The number of ether oxygens (including phenoxy) is 1. The highest BCUT2D eigenvalue weighted by Gasteiger charge is 2.25. The number of likely N-dealkylation sites (tertiary alicyclic amines) is 1. The highest BCUT2D eigenvalue weighted by Crippen LogP contribution is 2.18. The lowest BCUT2D eigenvalue weighted by Crippen LogP contribution is -2.29. The number of H-pyrrole nitrogens is 1. The number of benzene rings is 1. The van der Waals surface area contributed by atoms with Gasteiger partial charge in [0.05, 0.1) is 29.4 Å². The van der Waals surface area contributed by atoms with Gasteiger partial charge < -0.3 is 10.1 Å². The zero-order valence-corrected chi connectivity index (χ0v) is 17.8. The van der Waals surface area contributed by atoms with E-state index in [9.17, 15) is 13.2 Å². The molecule has 2 N–H and O–H groups in total. The summed E-state index contributed by atoms with van der Waals surface area (Å²) in [5.74, 6) is 1.06. The van der Waals surface area contributed by atoms with E-state index in [1.54, 1.807) is 0 Å². The molecule has 1 fully saturated rings. The minimum atomic E-state index is -3.19. The van der Waals surface area contributed by atoms with Crippen LogP contribution in [0.15, 0.2) is 29.1 Å². The van der Waals surface area contributed by atoms with Gasteiger partial charge in [-0.15, -0.1) is 0 Å². The van der Waals surface area contributed by atoms with Gasteiger partial charge in [0.2, 0.25) is 5.95 Å². The molecule has 0 atom stereocenters. The van der Waals surface area contributed by atoms with Crippen molar-refractivity contribution in [3.63, 3.8) is 0 Å². The third-order valence-electron chi connectivity index (χ3n) is 5.50. The molecule has 0 aliphatic carbocycles. The Balaban J connectivity index is 1.24. The summed E-state index contributed by atoms with van der Waals surface area (Å²) >= 11 is 0. The maximum absolute atomic E-state index is 12.2. The number of aromatic nitrogens is 2. The van der Waals surface area contributed by atoms with Crippen molar-refractivity contribution in [2.45, 2.75) is 38.0 Å². The van der Waals surface area contributed by atoms with Crippen LogP contribution in [0.1, 0.15) is 36.1 Å². The normalized spacial score (nSPS) is 18.1. The van der Waals surface area contributed by atoms with Crippen molar-refractivity contribution in [1.29, 1.82) is 0 Å². The van der Waals surface area contributed by atoms with Crippen LogP contribution < -0.4 is 15.6 Å². The predicted molar refractivity (Wildman–Crippen MR) is 116 cm³/mol. The molecule has 9 heteroatoms. The van der Waals surface area contributed by atoms with Crippen molar-refractivity contribution >= 4 is 15.8 Å². The molecular formula is C21H28N4O4S. The first kappa shape index (κ1) is 20.9. The van der Waals surface area contributed by atoms with Crippen LogP contribution in [0.5, 0.6) is 5.75 Å². The Morgan fingerprint density at radius 2 is 2.07 bits per heavy atom. The second-order valence-corrected chi connectivity index (χ2v) is 10.1. The number of aryl methyl sites for hydroxylation is 1. The van der Waals surface area contributed by atoms with Gasteiger partial charge in [0.15, 0.2) is 9.84 Å². The molecule has 3 heterocycles. The predicted octanol–water partition coefficient (Wildman–Crippen LogP) is 1.72. The van der Waals surface area contributed by atoms with Crippen LogP contribution in [0.4, 0.5) is 5.95 Å². The molecule has 0 saturated carbocycles. The molecule has 0 unspecified atom stereocenters. The highest BCUT2D eigenvalue weighted by atomic mass is 32.2. The van der Waals surface area contributed by atoms with Gasteiger partial charge in [-0.05, 0) is 50.0 Å². The minimum absolute atomic E-state index is 0.0422. The molecule has 1 aromatic heterocycles. The summed E-state index contributed by atoms with van der Waals surface area (Å²) in [5, 5.41) is 3.10. The molecule has 30 heavy (non-hydrogen) atoms. The van der Waals surface area contributed by atoms with Crippen LogP contribution in [0.3, 0.4) is 0 Å². The maximum Gasteiger partial charge on any atom is 0.256 e. The summed E-state index contributed by atoms with van der Waals surface area (Å²) in [6.45, 7) is 4.45. The molecule has 8 nitrogen and oxygen atoms in total. The quantitative estimate of drug-likeness (QED) is 0.612. The van der Waals surface area contributed by atoms with Gasteiger partial charge in [-0.2, -0.15) is 0 Å². The van der Waals surface area contributed by atoms with Crippen molar-refractivity contribution in [3.8, 4) is 5.75 Å². The number of rotatable bonds is 8. The van der Waals surface area contributed by atoms with Crippen LogP contribution in [0.2, 0.25) is 0 Å². The number of hydrogen-bond acceptors (Lipinski definition) is 7.